The van der Waals surface area contributed by atoms with E-state index in [4.69, 9.17) is 4.74 Å². The van der Waals surface area contributed by atoms with Gasteiger partial charge in [-0.05, 0) is 68.8 Å². The van der Waals surface area contributed by atoms with E-state index in [1.54, 1.807) is 0 Å². The summed E-state index contributed by atoms with van der Waals surface area (Å²) in [6.07, 6.45) is 5.24. The number of hydrogen-bond donors (Lipinski definition) is 1. The van der Waals surface area contributed by atoms with Crippen molar-refractivity contribution in [2.24, 2.45) is 5.92 Å². The fourth-order valence-electron chi connectivity index (χ4n) is 4.00. The lowest BCUT2D eigenvalue weighted by atomic mass is 9.62. The molecule has 0 amide bonds. The Kier molecular flexibility index (Phi) is 4.21. The fraction of sp³-hybridized carbons (Fsp3) is 0.647. The minimum absolute atomic E-state index is 0.270. The molecule has 0 unspecified atom stereocenters. The summed E-state index contributed by atoms with van der Waals surface area (Å²) in [5.74, 6) is 0.772. The molecule has 1 saturated heterocycles. The van der Waals surface area contributed by atoms with Crippen LogP contribution < -0.4 is 5.32 Å². The number of rotatable bonds is 3. The van der Waals surface area contributed by atoms with Crippen LogP contribution in [0.1, 0.15) is 36.8 Å². The van der Waals surface area contributed by atoms with E-state index in [9.17, 15) is 0 Å². The van der Waals surface area contributed by atoms with Crippen molar-refractivity contribution in [3.63, 3.8) is 0 Å². The van der Waals surface area contributed by atoms with Crippen LogP contribution in [0.5, 0.6) is 0 Å². The van der Waals surface area contributed by atoms with Gasteiger partial charge in [0.05, 0.1) is 13.2 Å². The summed E-state index contributed by atoms with van der Waals surface area (Å²) in [4.78, 5) is 0. The highest BCUT2D eigenvalue weighted by Gasteiger charge is 2.48. The molecule has 0 bridgehead atoms. The van der Waals surface area contributed by atoms with E-state index in [1.165, 1.54) is 41.3 Å². The van der Waals surface area contributed by atoms with Gasteiger partial charge in [-0.2, -0.15) is 0 Å². The van der Waals surface area contributed by atoms with Crippen LogP contribution in [-0.2, 0) is 10.2 Å². The Morgan fingerprint density at radius 3 is 2.45 bits per heavy atom. The molecular weight excluding hydrogens is 314 g/mol. The van der Waals surface area contributed by atoms with Crippen LogP contribution in [0.3, 0.4) is 0 Å². The van der Waals surface area contributed by atoms with Gasteiger partial charge in [0.2, 0.25) is 0 Å². The van der Waals surface area contributed by atoms with Gasteiger partial charge < -0.3 is 10.1 Å². The molecule has 1 aliphatic carbocycles. The average molecular weight is 338 g/mol. The highest BCUT2D eigenvalue weighted by atomic mass is 79.9. The lowest BCUT2D eigenvalue weighted by molar-refractivity contribution is -0.0991. The summed E-state index contributed by atoms with van der Waals surface area (Å²) in [5, 5.41) is 3.43. The van der Waals surface area contributed by atoms with Crippen molar-refractivity contribution < 1.29 is 4.74 Å². The van der Waals surface area contributed by atoms with Crippen molar-refractivity contribution in [2.45, 2.75) is 44.1 Å². The second kappa shape index (κ2) is 5.78. The highest BCUT2D eigenvalue weighted by Crippen LogP contribution is 2.47. The van der Waals surface area contributed by atoms with Gasteiger partial charge in [0.25, 0.3) is 0 Å². The van der Waals surface area contributed by atoms with Gasteiger partial charge in [0.15, 0.2) is 0 Å². The maximum absolute atomic E-state index is 5.66. The SMILES string of the molecule is CNC1CCC(C2(c3cc(Br)ccc3C)COC2)CC1. The molecule has 1 heterocycles. The molecule has 1 N–H and O–H groups in total. The molecule has 1 aromatic rings. The monoisotopic (exact) mass is 337 g/mol. The summed E-state index contributed by atoms with van der Waals surface area (Å²) in [5.41, 5.74) is 3.19. The van der Waals surface area contributed by atoms with E-state index in [0.717, 1.165) is 19.1 Å². The van der Waals surface area contributed by atoms with Crippen molar-refractivity contribution in [1.82, 2.24) is 5.32 Å². The first kappa shape index (κ1) is 14.6. The van der Waals surface area contributed by atoms with Crippen molar-refractivity contribution >= 4 is 15.9 Å². The van der Waals surface area contributed by atoms with E-state index in [2.05, 4.69) is 53.4 Å². The average Bonchev–Trinajstić information content (AvgIpc) is 2.42. The molecule has 2 nitrogen and oxygen atoms in total. The summed E-state index contributed by atoms with van der Waals surface area (Å²) in [6.45, 7) is 4.04. The van der Waals surface area contributed by atoms with Crippen LogP contribution in [-0.4, -0.2) is 26.3 Å². The Morgan fingerprint density at radius 2 is 1.90 bits per heavy atom. The maximum Gasteiger partial charge on any atom is 0.0588 e. The molecule has 0 atom stereocenters. The predicted octanol–water partition coefficient (Wildman–Crippen LogP) is 3.80. The van der Waals surface area contributed by atoms with Crippen molar-refractivity contribution in [3.05, 3.63) is 33.8 Å². The van der Waals surface area contributed by atoms with Crippen LogP contribution in [0.25, 0.3) is 0 Å². The molecule has 3 rings (SSSR count). The maximum atomic E-state index is 5.66. The second-order valence-electron chi connectivity index (χ2n) is 6.45. The molecule has 1 aliphatic heterocycles. The predicted molar refractivity (Wildman–Crippen MR) is 86.2 cm³/mol. The van der Waals surface area contributed by atoms with Gasteiger partial charge in [0.1, 0.15) is 0 Å². The third-order valence-corrected chi connectivity index (χ3v) is 5.87. The van der Waals surface area contributed by atoms with Crippen LogP contribution >= 0.6 is 15.9 Å². The van der Waals surface area contributed by atoms with E-state index < -0.39 is 0 Å². The highest BCUT2D eigenvalue weighted by molar-refractivity contribution is 9.10. The third kappa shape index (κ3) is 2.44. The van der Waals surface area contributed by atoms with E-state index in [0.29, 0.717) is 6.04 Å². The molecule has 2 aliphatic rings. The van der Waals surface area contributed by atoms with Crippen LogP contribution in [0, 0.1) is 12.8 Å². The fourth-order valence-corrected chi connectivity index (χ4v) is 4.36. The van der Waals surface area contributed by atoms with Gasteiger partial charge in [-0.25, -0.2) is 0 Å². The van der Waals surface area contributed by atoms with Crippen LogP contribution in [0.2, 0.25) is 0 Å². The lowest BCUT2D eigenvalue weighted by Crippen LogP contribution is -2.54. The number of aryl methyl sites for hydroxylation is 1. The Morgan fingerprint density at radius 1 is 1.20 bits per heavy atom. The molecule has 0 aromatic heterocycles. The van der Waals surface area contributed by atoms with Gasteiger partial charge in [-0.1, -0.05) is 22.0 Å². The van der Waals surface area contributed by atoms with Gasteiger partial charge in [0, 0.05) is 15.9 Å². The number of ether oxygens (including phenoxy) is 1. The summed E-state index contributed by atoms with van der Waals surface area (Å²) >= 11 is 3.64. The molecule has 110 valence electrons. The lowest BCUT2D eigenvalue weighted by Gasteiger charge is -2.50. The van der Waals surface area contributed by atoms with Crippen LogP contribution in [0.4, 0.5) is 0 Å². The number of benzene rings is 1. The smallest absolute Gasteiger partial charge is 0.0588 e. The minimum Gasteiger partial charge on any atom is -0.379 e. The molecule has 1 saturated carbocycles. The van der Waals surface area contributed by atoms with Gasteiger partial charge in [-0.3, -0.25) is 0 Å². The Balaban J connectivity index is 1.86. The first-order valence-corrected chi connectivity index (χ1v) is 8.46. The molecule has 3 heteroatoms. The first-order chi connectivity index (χ1) is 9.65. The van der Waals surface area contributed by atoms with E-state index in [1.807, 2.05) is 0 Å². The van der Waals surface area contributed by atoms with Crippen molar-refractivity contribution in [3.8, 4) is 0 Å². The third-order valence-electron chi connectivity index (χ3n) is 5.37. The summed E-state index contributed by atoms with van der Waals surface area (Å²) < 4.78 is 6.85. The second-order valence-corrected chi connectivity index (χ2v) is 7.36. The Hall–Kier alpha value is -0.380. The number of nitrogens with one attached hydrogen (secondary N) is 1. The van der Waals surface area contributed by atoms with Crippen LogP contribution in [0.15, 0.2) is 22.7 Å². The molecule has 1 aromatic carbocycles. The molecule has 20 heavy (non-hydrogen) atoms. The Bertz CT molecular complexity index is 476. The Labute approximate surface area is 130 Å². The summed E-state index contributed by atoms with van der Waals surface area (Å²) in [6, 6.07) is 7.41. The largest absolute Gasteiger partial charge is 0.379 e. The number of halogens is 1. The van der Waals surface area contributed by atoms with Crippen molar-refractivity contribution in [1.29, 1.82) is 0 Å². The topological polar surface area (TPSA) is 21.3 Å². The molecular formula is C17H24BrNO. The molecule has 0 radical (unpaired) electrons. The summed E-state index contributed by atoms with van der Waals surface area (Å²) in [7, 11) is 2.09. The standard InChI is InChI=1S/C17H24BrNO/c1-12-3-6-14(18)9-16(12)17(10-20-11-17)13-4-7-15(19-2)8-5-13/h3,6,9,13,15,19H,4-5,7-8,10-11H2,1-2H3. The van der Waals surface area contributed by atoms with Gasteiger partial charge >= 0.3 is 0 Å². The zero-order chi connectivity index (χ0) is 14.2. The zero-order valence-corrected chi connectivity index (χ0v) is 14.0. The van der Waals surface area contributed by atoms with E-state index in [-0.39, 0.29) is 5.41 Å². The minimum atomic E-state index is 0.270. The number of hydrogen-bond acceptors (Lipinski definition) is 2. The zero-order valence-electron chi connectivity index (χ0n) is 12.4. The normalized spacial score (nSPS) is 28.9. The molecule has 2 fully saturated rings. The van der Waals surface area contributed by atoms with Gasteiger partial charge in [-0.15, -0.1) is 0 Å². The first-order valence-electron chi connectivity index (χ1n) is 7.67. The van der Waals surface area contributed by atoms with E-state index >= 15 is 0 Å². The quantitative estimate of drug-likeness (QED) is 0.905. The molecule has 0 spiro atoms. The van der Waals surface area contributed by atoms with Crippen molar-refractivity contribution in [2.75, 3.05) is 20.3 Å².